The molecule has 10 heteroatoms. The maximum atomic E-state index is 14.5. The van der Waals surface area contributed by atoms with E-state index in [1.165, 1.54) is 29.2 Å². The number of hydrogen-bond acceptors (Lipinski definition) is 4. The van der Waals surface area contributed by atoms with Gasteiger partial charge in [-0.1, -0.05) is 108 Å². The van der Waals surface area contributed by atoms with Gasteiger partial charge in [-0.15, -0.1) is 0 Å². The van der Waals surface area contributed by atoms with Crippen molar-refractivity contribution in [3.8, 4) is 0 Å². The number of carbonyl (C=O) groups excluding carboxylic acids is 2. The monoisotopic (exact) mass is 665 g/mol. The van der Waals surface area contributed by atoms with Gasteiger partial charge in [0.05, 0.1) is 15.6 Å². The molecule has 236 valence electrons. The molecule has 0 bridgehead atoms. The first-order valence-corrected chi connectivity index (χ1v) is 16.9. The standard InChI is InChI=1S/C35H37Cl2N3O4S/c1-4-20-38-35(42)33(21-27-8-6-5-7-9-27)39(23-28-14-10-25(2)11-15-28)34(41)24-40(32-22-29(36)16-19-31(32)37)45(43,44)30-17-12-26(3)13-18-30/h5-19,22,33H,4,20-21,23-24H2,1-3H3,(H,38,42)/t33-/m0/s1. The number of benzene rings is 4. The second kappa shape index (κ2) is 15.4. The summed E-state index contributed by atoms with van der Waals surface area (Å²) in [6.45, 7) is 5.66. The van der Waals surface area contributed by atoms with Crippen molar-refractivity contribution in [2.24, 2.45) is 0 Å². The lowest BCUT2D eigenvalue weighted by Crippen LogP contribution is -2.53. The molecule has 4 rings (SSSR count). The number of nitrogens with one attached hydrogen (secondary N) is 1. The molecule has 7 nitrogen and oxygen atoms in total. The molecular weight excluding hydrogens is 629 g/mol. The summed E-state index contributed by atoms with van der Waals surface area (Å²) < 4.78 is 29.3. The van der Waals surface area contributed by atoms with Crippen LogP contribution in [0.2, 0.25) is 10.0 Å². The largest absolute Gasteiger partial charge is 0.354 e. The highest BCUT2D eigenvalue weighted by atomic mass is 35.5. The van der Waals surface area contributed by atoms with Crippen LogP contribution in [0, 0.1) is 13.8 Å². The highest BCUT2D eigenvalue weighted by Crippen LogP contribution is 2.33. The van der Waals surface area contributed by atoms with Gasteiger partial charge in [0.15, 0.2) is 0 Å². The van der Waals surface area contributed by atoms with Gasteiger partial charge in [0.2, 0.25) is 11.8 Å². The molecule has 0 aromatic heterocycles. The van der Waals surface area contributed by atoms with Crippen LogP contribution in [0.5, 0.6) is 0 Å². The number of hydrogen-bond donors (Lipinski definition) is 1. The van der Waals surface area contributed by atoms with E-state index in [1.54, 1.807) is 18.2 Å². The number of anilines is 1. The lowest BCUT2D eigenvalue weighted by Gasteiger charge is -2.34. The van der Waals surface area contributed by atoms with Crippen molar-refractivity contribution in [2.45, 2.75) is 51.1 Å². The molecular formula is C35H37Cl2N3O4S. The van der Waals surface area contributed by atoms with E-state index in [4.69, 9.17) is 23.2 Å². The summed E-state index contributed by atoms with van der Waals surface area (Å²) >= 11 is 12.8. The number of aryl methyl sites for hydroxylation is 2. The first kappa shape index (κ1) is 34.0. The maximum absolute atomic E-state index is 14.5. The molecule has 0 radical (unpaired) electrons. The molecule has 4 aromatic rings. The molecule has 0 spiro atoms. The van der Waals surface area contributed by atoms with E-state index in [2.05, 4.69) is 5.32 Å². The van der Waals surface area contributed by atoms with Crippen LogP contribution in [0.25, 0.3) is 0 Å². The lowest BCUT2D eigenvalue weighted by atomic mass is 10.0. The zero-order valence-electron chi connectivity index (χ0n) is 25.5. The Balaban J connectivity index is 1.82. The van der Waals surface area contributed by atoms with Gasteiger partial charge in [-0.3, -0.25) is 13.9 Å². The van der Waals surface area contributed by atoms with E-state index in [1.807, 2.05) is 75.4 Å². The van der Waals surface area contributed by atoms with Gasteiger partial charge in [0.1, 0.15) is 12.6 Å². The van der Waals surface area contributed by atoms with E-state index in [-0.39, 0.29) is 39.5 Å². The summed E-state index contributed by atoms with van der Waals surface area (Å²) in [5.41, 5.74) is 3.64. The Morgan fingerprint density at radius 3 is 2.07 bits per heavy atom. The smallest absolute Gasteiger partial charge is 0.264 e. The summed E-state index contributed by atoms with van der Waals surface area (Å²) in [4.78, 5) is 29.7. The highest BCUT2D eigenvalue weighted by molar-refractivity contribution is 7.92. The first-order valence-electron chi connectivity index (χ1n) is 14.7. The fraction of sp³-hybridized carbons (Fsp3) is 0.257. The number of carbonyl (C=O) groups is 2. The predicted octanol–water partition coefficient (Wildman–Crippen LogP) is 6.97. The van der Waals surface area contributed by atoms with Crippen molar-refractivity contribution in [3.63, 3.8) is 0 Å². The zero-order valence-corrected chi connectivity index (χ0v) is 27.9. The molecule has 4 aromatic carbocycles. The average molecular weight is 667 g/mol. The molecule has 0 saturated heterocycles. The molecule has 0 aliphatic carbocycles. The van der Waals surface area contributed by atoms with Gasteiger partial charge >= 0.3 is 0 Å². The third-order valence-electron chi connectivity index (χ3n) is 7.36. The van der Waals surface area contributed by atoms with Crippen molar-refractivity contribution >= 4 is 50.7 Å². The number of sulfonamides is 1. The Bertz CT molecular complexity index is 1710. The third kappa shape index (κ3) is 8.87. The number of amides is 2. The van der Waals surface area contributed by atoms with Crippen LogP contribution in [0.1, 0.15) is 35.6 Å². The second-order valence-corrected chi connectivity index (χ2v) is 13.6. The van der Waals surface area contributed by atoms with Gasteiger partial charge < -0.3 is 10.2 Å². The van der Waals surface area contributed by atoms with Crippen LogP contribution < -0.4 is 9.62 Å². The van der Waals surface area contributed by atoms with Crippen LogP contribution in [0.15, 0.2) is 102 Å². The van der Waals surface area contributed by atoms with Crippen molar-refractivity contribution in [2.75, 3.05) is 17.4 Å². The summed E-state index contributed by atoms with van der Waals surface area (Å²) in [5.74, 6) is -0.898. The molecule has 45 heavy (non-hydrogen) atoms. The number of nitrogens with zero attached hydrogens (tertiary/aromatic N) is 2. The maximum Gasteiger partial charge on any atom is 0.264 e. The van der Waals surface area contributed by atoms with Gasteiger partial charge in [-0.05, 0) is 61.7 Å². The van der Waals surface area contributed by atoms with Gasteiger partial charge in [0.25, 0.3) is 10.0 Å². The van der Waals surface area contributed by atoms with E-state index >= 15 is 0 Å². The summed E-state index contributed by atoms with van der Waals surface area (Å²) in [6.07, 6.45) is 0.947. The lowest BCUT2D eigenvalue weighted by molar-refractivity contribution is -0.140. The molecule has 1 atom stereocenters. The van der Waals surface area contributed by atoms with Gasteiger partial charge in [-0.2, -0.15) is 0 Å². The fourth-order valence-corrected chi connectivity index (χ4v) is 6.70. The molecule has 1 N–H and O–H groups in total. The first-order chi connectivity index (χ1) is 21.5. The van der Waals surface area contributed by atoms with Crippen LogP contribution in [0.4, 0.5) is 5.69 Å². The van der Waals surface area contributed by atoms with E-state index < -0.39 is 28.5 Å². The predicted molar refractivity (Wildman–Crippen MR) is 181 cm³/mol. The molecule has 0 unspecified atom stereocenters. The fourth-order valence-electron chi connectivity index (χ4n) is 4.84. The molecule has 0 aliphatic rings. The molecule has 0 fully saturated rings. The van der Waals surface area contributed by atoms with Crippen LogP contribution in [-0.2, 0) is 32.6 Å². The van der Waals surface area contributed by atoms with Crippen molar-refractivity contribution in [1.82, 2.24) is 10.2 Å². The van der Waals surface area contributed by atoms with Crippen LogP contribution in [-0.4, -0.2) is 44.3 Å². The quantitative estimate of drug-likeness (QED) is 0.167. The van der Waals surface area contributed by atoms with E-state index in [0.717, 1.165) is 26.6 Å². The van der Waals surface area contributed by atoms with Gasteiger partial charge in [-0.25, -0.2) is 8.42 Å². The number of rotatable bonds is 13. The molecule has 0 saturated carbocycles. The summed E-state index contributed by atoms with van der Waals surface area (Å²) in [6, 6.07) is 27.0. The van der Waals surface area contributed by atoms with Crippen molar-refractivity contribution < 1.29 is 18.0 Å². The van der Waals surface area contributed by atoms with Crippen molar-refractivity contribution in [3.05, 3.63) is 129 Å². The molecule has 0 aliphatic heterocycles. The third-order valence-corrected chi connectivity index (χ3v) is 9.69. The summed E-state index contributed by atoms with van der Waals surface area (Å²) in [7, 11) is -4.29. The minimum absolute atomic E-state index is 0.0106. The SMILES string of the molecule is CCCNC(=O)[C@H](Cc1ccccc1)N(Cc1ccc(C)cc1)C(=O)CN(c1cc(Cl)ccc1Cl)S(=O)(=O)c1ccc(C)cc1. The Kier molecular flexibility index (Phi) is 11.7. The normalized spacial score (nSPS) is 11.9. The minimum atomic E-state index is -4.29. The number of halogens is 2. The average Bonchev–Trinajstić information content (AvgIpc) is 3.03. The highest BCUT2D eigenvalue weighted by Gasteiger charge is 2.35. The Morgan fingerprint density at radius 2 is 1.44 bits per heavy atom. The van der Waals surface area contributed by atoms with Gasteiger partial charge in [0, 0.05) is 24.5 Å². The summed E-state index contributed by atoms with van der Waals surface area (Å²) in [5, 5.41) is 3.30. The van der Waals surface area contributed by atoms with Crippen LogP contribution in [0.3, 0.4) is 0 Å². The van der Waals surface area contributed by atoms with E-state index in [0.29, 0.717) is 13.0 Å². The Hall–Kier alpha value is -3.85. The van der Waals surface area contributed by atoms with Crippen LogP contribution >= 0.6 is 23.2 Å². The Morgan fingerprint density at radius 1 is 0.822 bits per heavy atom. The molecule has 2 amide bonds. The molecule has 0 heterocycles. The Labute approximate surface area is 275 Å². The van der Waals surface area contributed by atoms with Crippen molar-refractivity contribution in [1.29, 1.82) is 0 Å². The van der Waals surface area contributed by atoms with E-state index in [9.17, 15) is 18.0 Å². The topological polar surface area (TPSA) is 86.8 Å². The second-order valence-electron chi connectivity index (χ2n) is 10.9. The zero-order chi connectivity index (χ0) is 32.6. The minimum Gasteiger partial charge on any atom is -0.354 e.